The van der Waals surface area contributed by atoms with Gasteiger partial charge < -0.3 is 9.80 Å². The van der Waals surface area contributed by atoms with Crippen molar-refractivity contribution in [3.05, 3.63) is 34.9 Å². The summed E-state index contributed by atoms with van der Waals surface area (Å²) in [6.45, 7) is 5.20. The second-order valence-electron chi connectivity index (χ2n) is 4.24. The summed E-state index contributed by atoms with van der Waals surface area (Å²) < 4.78 is 0. The molecule has 1 rings (SSSR count). The van der Waals surface area contributed by atoms with Crippen LogP contribution in [0.2, 0.25) is 5.02 Å². The standard InChI is InChI=1S/C14H19ClN2O2/c1-4-17(5-2)13(18)10-16(3)14(19)11-7-6-8-12(15)9-11/h6-9H,4-5,10H2,1-3H3. The maximum absolute atomic E-state index is 12.1. The Bertz CT molecular complexity index is 459. The van der Waals surface area contributed by atoms with Gasteiger partial charge in [0, 0.05) is 30.7 Å². The minimum Gasteiger partial charge on any atom is -0.342 e. The van der Waals surface area contributed by atoms with Crippen molar-refractivity contribution >= 4 is 23.4 Å². The molecule has 0 bridgehead atoms. The molecular formula is C14H19ClN2O2. The van der Waals surface area contributed by atoms with E-state index in [0.29, 0.717) is 23.7 Å². The highest BCUT2D eigenvalue weighted by Crippen LogP contribution is 2.12. The summed E-state index contributed by atoms with van der Waals surface area (Å²) in [6, 6.07) is 6.71. The van der Waals surface area contributed by atoms with E-state index in [1.165, 1.54) is 4.90 Å². The minimum atomic E-state index is -0.206. The van der Waals surface area contributed by atoms with Crippen molar-refractivity contribution in [3.8, 4) is 0 Å². The summed E-state index contributed by atoms with van der Waals surface area (Å²) in [4.78, 5) is 27.2. The minimum absolute atomic E-state index is 0.0529. The Morgan fingerprint density at radius 2 is 1.84 bits per heavy atom. The van der Waals surface area contributed by atoms with E-state index in [0.717, 1.165) is 0 Å². The van der Waals surface area contributed by atoms with Gasteiger partial charge in [0.1, 0.15) is 0 Å². The highest BCUT2D eigenvalue weighted by Gasteiger charge is 2.17. The predicted molar refractivity (Wildman–Crippen MR) is 76.3 cm³/mol. The van der Waals surface area contributed by atoms with Gasteiger partial charge in [0.2, 0.25) is 5.91 Å². The number of carbonyl (C=O) groups excluding carboxylic acids is 2. The van der Waals surface area contributed by atoms with Gasteiger partial charge in [-0.05, 0) is 32.0 Å². The molecule has 0 N–H and O–H groups in total. The molecule has 0 saturated carbocycles. The molecule has 1 aromatic carbocycles. The number of carbonyl (C=O) groups is 2. The number of hydrogen-bond donors (Lipinski definition) is 0. The number of amides is 2. The monoisotopic (exact) mass is 282 g/mol. The van der Waals surface area contributed by atoms with Gasteiger partial charge >= 0.3 is 0 Å². The number of nitrogens with zero attached hydrogens (tertiary/aromatic N) is 2. The lowest BCUT2D eigenvalue weighted by Crippen LogP contribution is -2.41. The fourth-order valence-electron chi connectivity index (χ4n) is 1.79. The van der Waals surface area contributed by atoms with Crippen molar-refractivity contribution in [1.82, 2.24) is 9.80 Å². The van der Waals surface area contributed by atoms with E-state index in [1.54, 1.807) is 36.2 Å². The normalized spacial score (nSPS) is 10.1. The van der Waals surface area contributed by atoms with Gasteiger partial charge in [0.25, 0.3) is 5.91 Å². The first-order valence-corrected chi connectivity index (χ1v) is 6.66. The van der Waals surface area contributed by atoms with Crippen molar-refractivity contribution in [1.29, 1.82) is 0 Å². The molecule has 0 aliphatic heterocycles. The Morgan fingerprint density at radius 3 is 2.37 bits per heavy atom. The van der Waals surface area contributed by atoms with Crippen LogP contribution >= 0.6 is 11.6 Å². The Labute approximate surface area is 118 Å². The van der Waals surface area contributed by atoms with Gasteiger partial charge in [-0.3, -0.25) is 9.59 Å². The maximum Gasteiger partial charge on any atom is 0.254 e. The molecule has 0 radical (unpaired) electrons. The number of rotatable bonds is 5. The lowest BCUT2D eigenvalue weighted by atomic mass is 10.2. The van der Waals surface area contributed by atoms with Crippen molar-refractivity contribution in [2.45, 2.75) is 13.8 Å². The van der Waals surface area contributed by atoms with Crippen LogP contribution in [0.15, 0.2) is 24.3 Å². The Hall–Kier alpha value is -1.55. The van der Waals surface area contributed by atoms with Crippen LogP contribution in [0, 0.1) is 0 Å². The van der Waals surface area contributed by atoms with E-state index < -0.39 is 0 Å². The number of likely N-dealkylation sites (N-methyl/N-ethyl adjacent to an activating group) is 2. The van der Waals surface area contributed by atoms with E-state index in [2.05, 4.69) is 0 Å². The summed E-state index contributed by atoms with van der Waals surface area (Å²) in [5.41, 5.74) is 0.488. The molecule has 0 heterocycles. The summed E-state index contributed by atoms with van der Waals surface area (Å²) in [5.74, 6) is -0.258. The van der Waals surface area contributed by atoms with Gasteiger partial charge in [-0.1, -0.05) is 17.7 Å². The summed E-state index contributed by atoms with van der Waals surface area (Å²) in [7, 11) is 1.62. The van der Waals surface area contributed by atoms with Crippen LogP contribution in [0.3, 0.4) is 0 Å². The first kappa shape index (κ1) is 15.5. The topological polar surface area (TPSA) is 40.6 Å². The SMILES string of the molecule is CCN(CC)C(=O)CN(C)C(=O)c1cccc(Cl)c1. The fraction of sp³-hybridized carbons (Fsp3) is 0.429. The highest BCUT2D eigenvalue weighted by atomic mass is 35.5. The van der Waals surface area contributed by atoms with E-state index in [-0.39, 0.29) is 18.4 Å². The molecule has 0 unspecified atom stereocenters. The molecular weight excluding hydrogens is 264 g/mol. The molecule has 0 aromatic heterocycles. The summed E-state index contributed by atoms with van der Waals surface area (Å²) >= 11 is 5.85. The van der Waals surface area contributed by atoms with Crippen LogP contribution in [0.1, 0.15) is 24.2 Å². The van der Waals surface area contributed by atoms with Gasteiger partial charge in [-0.15, -0.1) is 0 Å². The second-order valence-corrected chi connectivity index (χ2v) is 4.67. The third-order valence-electron chi connectivity index (χ3n) is 2.91. The molecule has 104 valence electrons. The lowest BCUT2D eigenvalue weighted by molar-refractivity contribution is -0.131. The fourth-order valence-corrected chi connectivity index (χ4v) is 1.98. The molecule has 0 saturated heterocycles. The van der Waals surface area contributed by atoms with Crippen LogP contribution in [0.5, 0.6) is 0 Å². The van der Waals surface area contributed by atoms with Crippen molar-refractivity contribution in [3.63, 3.8) is 0 Å². The van der Waals surface area contributed by atoms with Gasteiger partial charge in [0.05, 0.1) is 6.54 Å². The quantitative estimate of drug-likeness (QED) is 0.831. The van der Waals surface area contributed by atoms with Gasteiger partial charge in [0.15, 0.2) is 0 Å². The average molecular weight is 283 g/mol. The molecule has 0 fully saturated rings. The third-order valence-corrected chi connectivity index (χ3v) is 3.14. The first-order valence-electron chi connectivity index (χ1n) is 6.28. The Morgan fingerprint density at radius 1 is 1.21 bits per heavy atom. The Balaban J connectivity index is 2.70. The number of hydrogen-bond acceptors (Lipinski definition) is 2. The number of halogens is 1. The third kappa shape index (κ3) is 4.24. The summed E-state index contributed by atoms with van der Waals surface area (Å²) in [6.07, 6.45) is 0. The second kappa shape index (κ2) is 7.14. The van der Waals surface area contributed by atoms with Crippen LogP contribution in [0.25, 0.3) is 0 Å². The van der Waals surface area contributed by atoms with Crippen molar-refractivity contribution in [2.24, 2.45) is 0 Å². The molecule has 0 spiro atoms. The van der Waals surface area contributed by atoms with E-state index in [1.807, 2.05) is 13.8 Å². The van der Waals surface area contributed by atoms with Gasteiger partial charge in [-0.25, -0.2) is 0 Å². The number of benzene rings is 1. The van der Waals surface area contributed by atoms with Crippen molar-refractivity contribution in [2.75, 3.05) is 26.7 Å². The molecule has 2 amide bonds. The van der Waals surface area contributed by atoms with Crippen LogP contribution in [-0.2, 0) is 4.79 Å². The smallest absolute Gasteiger partial charge is 0.254 e. The molecule has 0 aliphatic rings. The van der Waals surface area contributed by atoms with Crippen LogP contribution < -0.4 is 0 Å². The van der Waals surface area contributed by atoms with Gasteiger partial charge in [-0.2, -0.15) is 0 Å². The molecule has 19 heavy (non-hydrogen) atoms. The first-order chi connectivity index (χ1) is 8.99. The van der Waals surface area contributed by atoms with E-state index in [9.17, 15) is 9.59 Å². The van der Waals surface area contributed by atoms with E-state index in [4.69, 9.17) is 11.6 Å². The molecule has 1 aromatic rings. The molecule has 5 heteroatoms. The maximum atomic E-state index is 12.1. The molecule has 0 aliphatic carbocycles. The largest absolute Gasteiger partial charge is 0.342 e. The van der Waals surface area contributed by atoms with Crippen LogP contribution in [0.4, 0.5) is 0 Å². The highest BCUT2D eigenvalue weighted by molar-refractivity contribution is 6.30. The molecule has 4 nitrogen and oxygen atoms in total. The zero-order valence-corrected chi connectivity index (χ0v) is 12.3. The van der Waals surface area contributed by atoms with E-state index >= 15 is 0 Å². The zero-order valence-electron chi connectivity index (χ0n) is 11.5. The van der Waals surface area contributed by atoms with Crippen LogP contribution in [-0.4, -0.2) is 48.3 Å². The lowest BCUT2D eigenvalue weighted by Gasteiger charge is -2.23. The Kier molecular flexibility index (Phi) is 5.83. The average Bonchev–Trinajstić information content (AvgIpc) is 2.39. The zero-order chi connectivity index (χ0) is 14.4. The molecule has 0 atom stereocenters. The predicted octanol–water partition coefficient (Wildman–Crippen LogP) is 2.28. The summed E-state index contributed by atoms with van der Waals surface area (Å²) in [5, 5.41) is 0.509. The van der Waals surface area contributed by atoms with Crippen molar-refractivity contribution < 1.29 is 9.59 Å².